The predicted octanol–water partition coefficient (Wildman–Crippen LogP) is 8.45. The summed E-state index contributed by atoms with van der Waals surface area (Å²) in [6.45, 7) is 6.17. The summed E-state index contributed by atoms with van der Waals surface area (Å²) >= 11 is 13.1. The molecule has 5 aromatic rings. The summed E-state index contributed by atoms with van der Waals surface area (Å²) in [5.74, 6) is 0.723. The maximum absolute atomic E-state index is 17.1. The van der Waals surface area contributed by atoms with E-state index in [4.69, 9.17) is 28.2 Å². The minimum Gasteiger partial charge on any atom is -0.363 e. The molecule has 6 heterocycles. The highest BCUT2D eigenvalue weighted by atomic mass is 35.5. The van der Waals surface area contributed by atoms with Crippen LogP contribution in [-0.2, 0) is 6.42 Å². The van der Waals surface area contributed by atoms with Crippen molar-refractivity contribution in [3.8, 4) is 17.2 Å². The minimum atomic E-state index is -0.483. The SMILES string of the molecule is Cc1nc2c(F)c(-c3cccc(Cl)c3Cl)c(CCC#N)cc2c2c1cc([C@@H](C)N1CCCN(c3ccnc(N(C)C)c3)C1=O)n2[C@H]1[C@H]2CN[C@@H]1C2. The third-order valence-electron chi connectivity index (χ3n) is 11.1. The van der Waals surface area contributed by atoms with Crippen molar-refractivity contribution < 1.29 is 9.18 Å². The number of nitriles is 1. The van der Waals surface area contributed by atoms with Crippen molar-refractivity contribution in [1.29, 1.82) is 5.26 Å². The molecule has 2 bridgehead atoms. The lowest BCUT2D eigenvalue weighted by Crippen LogP contribution is -2.51. The topological polar surface area (TPSA) is 93.3 Å². The number of anilines is 2. The van der Waals surface area contributed by atoms with E-state index < -0.39 is 5.82 Å². The van der Waals surface area contributed by atoms with E-state index in [2.05, 4.69) is 33.9 Å². The number of carbonyl (C=O) groups excluding carboxylic acids is 1. The van der Waals surface area contributed by atoms with Gasteiger partial charge in [-0.25, -0.2) is 19.2 Å². The van der Waals surface area contributed by atoms with E-state index in [0.717, 1.165) is 47.5 Å². The first-order valence-corrected chi connectivity index (χ1v) is 18.3. The molecule has 0 spiro atoms. The molecule has 4 atom stereocenters. The smallest absolute Gasteiger partial charge is 0.325 e. The summed E-state index contributed by atoms with van der Waals surface area (Å²) in [5, 5.41) is 15.5. The number of pyridine rings is 2. The van der Waals surface area contributed by atoms with Crippen LogP contribution in [0.25, 0.3) is 32.9 Å². The molecular weight excluding hydrogens is 686 g/mol. The average molecular weight is 726 g/mol. The largest absolute Gasteiger partial charge is 0.363 e. The molecule has 3 saturated heterocycles. The Morgan fingerprint density at radius 2 is 1.98 bits per heavy atom. The van der Waals surface area contributed by atoms with Crippen LogP contribution in [0.1, 0.15) is 55.2 Å². The van der Waals surface area contributed by atoms with Gasteiger partial charge in [0.1, 0.15) is 11.3 Å². The van der Waals surface area contributed by atoms with Gasteiger partial charge >= 0.3 is 6.03 Å². The fourth-order valence-electron chi connectivity index (χ4n) is 8.49. The van der Waals surface area contributed by atoms with Gasteiger partial charge in [0.25, 0.3) is 0 Å². The standard InChI is InChI=1S/C39H39Cl2FN8O/c1-21-27-19-31(22(2)48-14-7-15-49(39(48)51)25-11-13-44-32(18-25)47(3)4)50(37-24-17-30(37)45-20-24)38(27)28-16-23(8-6-12-43)33(35(42)36(28)46-21)26-9-5-10-29(40)34(26)41/h5,9-11,13,16,18-19,22,24,30,37,45H,6-8,14-15,17,20H2,1-4H3/t22-,24-,30-,37+/m1/s1. The Kier molecular flexibility index (Phi) is 8.56. The van der Waals surface area contributed by atoms with Gasteiger partial charge in [-0.05, 0) is 68.9 Å². The van der Waals surface area contributed by atoms with Gasteiger partial charge in [-0.1, -0.05) is 35.3 Å². The fourth-order valence-corrected chi connectivity index (χ4v) is 8.88. The molecule has 12 heteroatoms. The first-order valence-electron chi connectivity index (χ1n) is 17.5. The maximum atomic E-state index is 17.1. The van der Waals surface area contributed by atoms with E-state index in [1.807, 2.05) is 53.9 Å². The van der Waals surface area contributed by atoms with Crippen LogP contribution in [-0.4, -0.2) is 65.2 Å². The van der Waals surface area contributed by atoms with Crippen LogP contribution in [0.4, 0.5) is 20.7 Å². The van der Waals surface area contributed by atoms with Crippen molar-refractivity contribution >= 4 is 62.5 Å². The van der Waals surface area contributed by atoms with Gasteiger partial charge in [-0.15, -0.1) is 0 Å². The number of nitrogens with one attached hydrogen (secondary N) is 1. The molecule has 1 N–H and O–H groups in total. The summed E-state index contributed by atoms with van der Waals surface area (Å²) < 4.78 is 19.5. The highest BCUT2D eigenvalue weighted by Gasteiger charge is 2.49. The molecule has 4 fully saturated rings. The number of nitrogens with zero attached hydrogens (tertiary/aromatic N) is 7. The molecule has 9 rings (SSSR count). The fraction of sp³-hybridized carbons (Fsp3) is 0.385. The molecule has 2 amide bonds. The van der Waals surface area contributed by atoms with Crippen molar-refractivity contribution in [2.24, 2.45) is 5.92 Å². The highest BCUT2D eigenvalue weighted by Crippen LogP contribution is 2.50. The highest BCUT2D eigenvalue weighted by molar-refractivity contribution is 6.43. The zero-order valence-electron chi connectivity index (χ0n) is 29.1. The van der Waals surface area contributed by atoms with Crippen LogP contribution >= 0.6 is 23.2 Å². The normalized spacial score (nSPS) is 20.6. The van der Waals surface area contributed by atoms with Crippen LogP contribution < -0.4 is 15.1 Å². The molecule has 262 valence electrons. The number of rotatable bonds is 8. The molecular formula is C39H39Cl2FN8O. The van der Waals surface area contributed by atoms with Crippen molar-refractivity contribution in [3.05, 3.63) is 81.5 Å². The Morgan fingerprint density at radius 3 is 2.71 bits per heavy atom. The maximum Gasteiger partial charge on any atom is 0.325 e. The van der Waals surface area contributed by atoms with Crippen LogP contribution in [0, 0.1) is 30.0 Å². The van der Waals surface area contributed by atoms with Gasteiger partial charge in [0.2, 0.25) is 0 Å². The Labute approximate surface area is 306 Å². The number of benzene rings is 2. The van der Waals surface area contributed by atoms with Crippen LogP contribution in [0.3, 0.4) is 0 Å². The van der Waals surface area contributed by atoms with Crippen molar-refractivity contribution in [2.75, 3.05) is 43.5 Å². The molecule has 0 unspecified atom stereocenters. The lowest BCUT2D eigenvalue weighted by Gasteiger charge is -2.42. The summed E-state index contributed by atoms with van der Waals surface area (Å²) in [6, 6.07) is 15.5. The summed E-state index contributed by atoms with van der Waals surface area (Å²) in [6.07, 6.45) is 4.18. The number of urea groups is 1. The molecule has 3 aromatic heterocycles. The quantitative estimate of drug-likeness (QED) is 0.173. The number of hydrogen-bond donors (Lipinski definition) is 1. The third-order valence-corrected chi connectivity index (χ3v) is 11.9. The second-order valence-corrected chi connectivity index (χ2v) is 15.0. The zero-order valence-corrected chi connectivity index (χ0v) is 30.6. The van der Waals surface area contributed by atoms with Gasteiger partial charge in [-0.2, -0.15) is 5.26 Å². The first-order chi connectivity index (χ1) is 24.6. The van der Waals surface area contributed by atoms with Crippen LogP contribution in [0.2, 0.25) is 10.0 Å². The van der Waals surface area contributed by atoms with Crippen LogP contribution in [0.5, 0.6) is 0 Å². The number of fused-ring (bicyclic) bond motifs is 4. The lowest BCUT2D eigenvalue weighted by molar-refractivity contribution is 0.165. The second kappa shape index (κ2) is 13.0. The predicted molar refractivity (Wildman–Crippen MR) is 201 cm³/mol. The Hall–Kier alpha value is -4.43. The Bertz CT molecular complexity index is 2250. The number of hydrogen-bond acceptors (Lipinski definition) is 6. The van der Waals surface area contributed by atoms with Crippen molar-refractivity contribution in [3.63, 3.8) is 0 Å². The number of amides is 2. The molecule has 4 aliphatic rings. The molecule has 51 heavy (non-hydrogen) atoms. The molecule has 9 nitrogen and oxygen atoms in total. The summed E-state index contributed by atoms with van der Waals surface area (Å²) in [4.78, 5) is 29.4. The molecule has 2 aromatic carbocycles. The van der Waals surface area contributed by atoms with E-state index in [1.54, 1.807) is 24.4 Å². The molecule has 3 aliphatic heterocycles. The lowest BCUT2D eigenvalue weighted by atomic mass is 9.79. The number of carbonyl (C=O) groups is 1. The molecule has 1 saturated carbocycles. The average Bonchev–Trinajstić information content (AvgIpc) is 3.86. The zero-order chi connectivity index (χ0) is 35.7. The van der Waals surface area contributed by atoms with Gasteiger partial charge in [0, 0.05) is 91.7 Å². The number of aromatic nitrogens is 3. The van der Waals surface area contributed by atoms with Gasteiger partial charge in [0.05, 0.1) is 39.4 Å². The summed E-state index contributed by atoms with van der Waals surface area (Å²) in [7, 11) is 3.87. The Morgan fingerprint density at radius 1 is 1.16 bits per heavy atom. The monoisotopic (exact) mass is 724 g/mol. The van der Waals surface area contributed by atoms with Crippen LogP contribution in [0.15, 0.2) is 48.7 Å². The Balaban J connectivity index is 1.32. The van der Waals surface area contributed by atoms with E-state index in [-0.39, 0.29) is 41.1 Å². The number of aryl methyl sites for hydroxylation is 2. The van der Waals surface area contributed by atoms with Crippen molar-refractivity contribution in [1.82, 2.24) is 24.8 Å². The summed E-state index contributed by atoms with van der Waals surface area (Å²) in [5.41, 5.74) is 5.16. The first kappa shape index (κ1) is 33.7. The molecule has 1 aliphatic carbocycles. The minimum absolute atomic E-state index is 0.0521. The van der Waals surface area contributed by atoms with E-state index in [9.17, 15) is 10.1 Å². The van der Waals surface area contributed by atoms with Gasteiger partial charge < -0.3 is 19.7 Å². The van der Waals surface area contributed by atoms with Gasteiger partial charge in [-0.3, -0.25) is 4.90 Å². The van der Waals surface area contributed by atoms with Crippen molar-refractivity contribution in [2.45, 2.75) is 57.7 Å². The van der Waals surface area contributed by atoms with E-state index in [1.165, 1.54) is 0 Å². The van der Waals surface area contributed by atoms with E-state index >= 15 is 4.39 Å². The van der Waals surface area contributed by atoms with Gasteiger partial charge in [0.15, 0.2) is 5.82 Å². The molecule has 0 radical (unpaired) electrons. The number of halogens is 3. The second-order valence-electron chi connectivity index (χ2n) is 14.2. The van der Waals surface area contributed by atoms with E-state index in [0.29, 0.717) is 58.2 Å². The third kappa shape index (κ3) is 5.40.